The number of carbonyl (C=O) groups excluding carboxylic acids is 11. The van der Waals surface area contributed by atoms with Crippen LogP contribution in [0.3, 0.4) is 0 Å². The van der Waals surface area contributed by atoms with Gasteiger partial charge in [0.05, 0.1) is 6.04 Å². The topological polar surface area (TPSA) is 678 Å². The molecule has 1 rings (SSSR count). The van der Waals surface area contributed by atoms with Crippen molar-refractivity contribution in [3.05, 3.63) is 0 Å². The summed E-state index contributed by atoms with van der Waals surface area (Å²) < 4.78 is 31.7. The minimum Gasteiger partial charge on any atom is -0.480 e. The van der Waals surface area contributed by atoms with Gasteiger partial charge in [-0.05, 0) is 93.3 Å². The minimum absolute atomic E-state index is 0.00318. The maximum Gasteiger partial charge on any atom is 0.490 e. The van der Waals surface area contributed by atoms with E-state index in [2.05, 4.69) is 78.5 Å². The number of alkyl halides is 3. The Morgan fingerprint density at radius 2 is 0.826 bits per heavy atom. The number of nitrogens with zero attached hydrogens (tertiary/aromatic N) is 4. The summed E-state index contributed by atoms with van der Waals surface area (Å²) in [5.41, 5.74) is 50.6. The number of carbonyl (C=O) groups is 13. The third-order valence-corrected chi connectivity index (χ3v) is 19.2. The van der Waals surface area contributed by atoms with Crippen molar-refractivity contribution in [3.8, 4) is 0 Å². The predicted molar refractivity (Wildman–Crippen MR) is 408 cm³/mol. The first-order valence-electron chi connectivity index (χ1n) is 35.8. The number of aliphatic carboxylic acids is 2. The standard InChI is InChI=1S/C63H118N24O13S2.C2HF3O2/c1-13-34(11)46-57(97)78-38(21-17-25-75-62(69)70)49(89)83-43(31(5)6)54(94)82-42(53(93)79-39(59(99)100)22-18-26-76-63(71)72)29-102-101-28-41(81-51(91)40(27-30(3)4)80-48(88)36(64)19-15-23-73-60(65)66)52(92)77-37(20-16-24-74-61(67)68)50(90)86-47(35(12)14-2)58(98)85-44(32(7)8)55(95)84-45(33(9)10)56(96)87-46;3-2(4,5)1(6)7/h30-47H,13-29,64H2,1-12H3,(H,77,92)(H,78,97)(H,79,93)(H,80,88)(H,81,91)(H,82,94)(H,83,89)(H,84,95)(H,85,98)(H,86,90)(H,87,96)(H,99,100)(H4,65,66,73)(H4,67,68,74)(H4,69,70,75)(H4,71,72,76);(H,6,7)/t34-,35-,36-,37-,38-,39-,40-,41?,42-,43-,44-,45-,46?,47-;/m0./s1. The molecule has 2 unspecified atom stereocenters. The van der Waals surface area contributed by atoms with Crippen LogP contribution >= 0.6 is 21.6 Å². The molecule has 1 heterocycles. The number of nitrogens with two attached hydrogens (primary N) is 9. The van der Waals surface area contributed by atoms with Crippen LogP contribution in [0.5, 0.6) is 0 Å². The average molecular weight is 1600 g/mol. The molecule has 31 N–H and O–H groups in total. The zero-order valence-corrected chi connectivity index (χ0v) is 65.7. The van der Waals surface area contributed by atoms with Crippen LogP contribution in [0.15, 0.2) is 20.0 Å². The summed E-state index contributed by atoms with van der Waals surface area (Å²) in [6, 6.07) is -17.0. The second kappa shape index (κ2) is 51.1. The first kappa shape index (κ1) is 99.6. The number of nitrogens with one attached hydrogen (secondary N) is 11. The fourth-order valence-corrected chi connectivity index (χ4v) is 12.4. The monoisotopic (exact) mass is 1600 g/mol. The Hall–Kier alpha value is -9.36. The summed E-state index contributed by atoms with van der Waals surface area (Å²) in [4.78, 5) is 198. The average Bonchev–Trinajstić information content (AvgIpc) is 0.881. The predicted octanol–water partition coefficient (Wildman–Crippen LogP) is -3.92. The van der Waals surface area contributed by atoms with Crippen LogP contribution in [0.2, 0.25) is 0 Å². The molecule has 11 amide bonds. The molecule has 622 valence electrons. The highest BCUT2D eigenvalue weighted by molar-refractivity contribution is 8.76. The van der Waals surface area contributed by atoms with E-state index >= 15 is 4.79 Å². The van der Waals surface area contributed by atoms with Crippen LogP contribution in [0.25, 0.3) is 0 Å². The van der Waals surface area contributed by atoms with Gasteiger partial charge < -0.3 is 120 Å². The van der Waals surface area contributed by atoms with Gasteiger partial charge in [0.2, 0.25) is 65.0 Å². The lowest BCUT2D eigenvalue weighted by Gasteiger charge is -2.32. The van der Waals surface area contributed by atoms with Gasteiger partial charge in [0.15, 0.2) is 23.8 Å². The van der Waals surface area contributed by atoms with Crippen molar-refractivity contribution in [1.29, 1.82) is 0 Å². The molecule has 0 bridgehead atoms. The number of hydrogen-bond acceptors (Lipinski definition) is 20. The number of guanidine groups is 4. The van der Waals surface area contributed by atoms with Crippen molar-refractivity contribution in [2.24, 2.45) is 107 Å². The van der Waals surface area contributed by atoms with Gasteiger partial charge >= 0.3 is 18.1 Å². The largest absolute Gasteiger partial charge is 0.490 e. The second-order valence-electron chi connectivity index (χ2n) is 27.5. The van der Waals surface area contributed by atoms with Gasteiger partial charge in [0, 0.05) is 37.7 Å². The molecule has 0 aliphatic carbocycles. The summed E-state index contributed by atoms with van der Waals surface area (Å²) in [5, 5.41) is 47.1. The summed E-state index contributed by atoms with van der Waals surface area (Å²) in [5.74, 6) is -18.9. The molecule has 14 atom stereocenters. The molecule has 39 nitrogen and oxygen atoms in total. The van der Waals surface area contributed by atoms with E-state index in [1.807, 2.05) is 0 Å². The molecule has 0 aromatic carbocycles. The normalized spacial score (nSPS) is 22.0. The fourth-order valence-electron chi connectivity index (χ4n) is 10.1. The number of hydrogen-bond donors (Lipinski definition) is 22. The van der Waals surface area contributed by atoms with E-state index in [1.165, 1.54) is 0 Å². The lowest BCUT2D eigenvalue weighted by Crippen LogP contribution is -2.63. The summed E-state index contributed by atoms with van der Waals surface area (Å²) in [6.45, 7) is 20.3. The highest BCUT2D eigenvalue weighted by Gasteiger charge is 2.41. The van der Waals surface area contributed by atoms with Gasteiger partial charge in [-0.1, -0.05) is 118 Å². The van der Waals surface area contributed by atoms with Gasteiger partial charge in [-0.2, -0.15) is 13.2 Å². The number of halogens is 3. The van der Waals surface area contributed by atoms with Crippen LogP contribution in [-0.4, -0.2) is 227 Å². The van der Waals surface area contributed by atoms with Gasteiger partial charge in [0.1, 0.15) is 66.5 Å². The molecule has 1 fully saturated rings. The molecule has 0 spiro atoms. The number of aliphatic imine (C=N–C) groups is 4. The number of carboxylic acid groups (broad SMARTS) is 2. The number of carboxylic acids is 2. The highest BCUT2D eigenvalue weighted by Crippen LogP contribution is 2.25. The van der Waals surface area contributed by atoms with Crippen molar-refractivity contribution in [1.82, 2.24) is 58.5 Å². The minimum atomic E-state index is -5.08. The molecular formula is C65H119F3N24O15S2. The molecule has 0 aromatic heterocycles. The van der Waals surface area contributed by atoms with E-state index in [1.54, 1.807) is 83.1 Å². The Labute approximate surface area is 641 Å². The van der Waals surface area contributed by atoms with Gasteiger partial charge in [-0.15, -0.1) is 0 Å². The molecule has 109 heavy (non-hydrogen) atoms. The van der Waals surface area contributed by atoms with Crippen LogP contribution in [-0.2, 0) is 62.3 Å². The molecule has 1 aliphatic rings. The van der Waals surface area contributed by atoms with Crippen molar-refractivity contribution >= 4 is 122 Å². The Morgan fingerprint density at radius 1 is 0.477 bits per heavy atom. The maximum absolute atomic E-state index is 15.1. The molecule has 1 aliphatic heterocycles. The number of amides is 11. The van der Waals surface area contributed by atoms with Crippen LogP contribution in [0.1, 0.15) is 154 Å². The fraction of sp³-hybridized carbons (Fsp3) is 0.738. The van der Waals surface area contributed by atoms with Gasteiger partial charge in [-0.3, -0.25) is 72.7 Å². The highest BCUT2D eigenvalue weighted by atomic mass is 33.1. The Kier molecular flexibility index (Phi) is 46.7. The van der Waals surface area contributed by atoms with E-state index in [4.69, 9.17) is 61.5 Å². The SMILES string of the molecule is CC[C@H](C)C1NC(=O)[C@H](C(C)C)NC(=O)[C@H](C(C)C)NC(=O)[C@H]([C@@H](C)CC)NC(=O)[C@H](CCCN=C(N)N)NC(=O)C(NC(=O)[C@H](CC(C)C)NC(=O)[C@@H](N)CCCN=C(N)N)CSSC[C@@H](C(=O)N[C@@H](CCCN=C(N)N)C(=O)O)NC(=O)[C@H](C(C)C)NC(=O)[C@H](CCCN=C(N)N)NC1=O.O=C(O)C(F)(F)F. The molecular weight excluding hydrogens is 1480 g/mol. The first-order chi connectivity index (χ1) is 50.7. The molecule has 0 saturated carbocycles. The first-order valence-corrected chi connectivity index (χ1v) is 38.3. The van der Waals surface area contributed by atoms with Gasteiger partial charge in [0.25, 0.3) is 0 Å². The van der Waals surface area contributed by atoms with Crippen molar-refractivity contribution in [2.45, 2.75) is 232 Å². The summed E-state index contributed by atoms with van der Waals surface area (Å²) >= 11 is 0. The maximum atomic E-state index is 15.1. The van der Waals surface area contributed by atoms with Crippen molar-refractivity contribution in [2.75, 3.05) is 37.7 Å². The smallest absolute Gasteiger partial charge is 0.480 e. The Balaban J connectivity index is 0.0000158. The van der Waals surface area contributed by atoms with Gasteiger partial charge in [-0.25, -0.2) is 9.59 Å². The van der Waals surface area contributed by atoms with Crippen LogP contribution < -0.4 is 110 Å². The Morgan fingerprint density at radius 3 is 1.21 bits per heavy atom. The summed E-state index contributed by atoms with van der Waals surface area (Å²) in [7, 11) is 1.76. The van der Waals surface area contributed by atoms with Crippen LogP contribution in [0.4, 0.5) is 13.2 Å². The summed E-state index contributed by atoms with van der Waals surface area (Å²) in [6.07, 6.45) is -4.26. The zero-order chi connectivity index (χ0) is 83.7. The number of rotatable bonds is 32. The molecule has 1 saturated heterocycles. The Bertz CT molecular complexity index is 3120. The van der Waals surface area contributed by atoms with E-state index in [0.717, 1.165) is 21.6 Å². The lowest BCUT2D eigenvalue weighted by atomic mass is 9.94. The quantitative estimate of drug-likeness (QED) is 0.0132. The molecule has 44 heteroatoms. The van der Waals surface area contributed by atoms with Crippen molar-refractivity contribution < 1.29 is 85.7 Å². The van der Waals surface area contributed by atoms with E-state index in [-0.39, 0.29) is 113 Å². The lowest BCUT2D eigenvalue weighted by molar-refractivity contribution is -0.192. The van der Waals surface area contributed by atoms with Crippen molar-refractivity contribution in [3.63, 3.8) is 0 Å². The molecule has 0 aromatic rings. The van der Waals surface area contributed by atoms with E-state index in [9.17, 15) is 71.0 Å². The third-order valence-electron chi connectivity index (χ3n) is 16.7. The zero-order valence-electron chi connectivity index (χ0n) is 64.1. The van der Waals surface area contributed by atoms with Crippen LogP contribution in [0, 0.1) is 35.5 Å². The van der Waals surface area contributed by atoms with E-state index in [0.29, 0.717) is 19.3 Å². The third kappa shape index (κ3) is 40.1. The second-order valence-corrected chi connectivity index (χ2v) is 30.1. The molecule has 0 radical (unpaired) electrons. The van der Waals surface area contributed by atoms with E-state index < -0.39 is 191 Å².